The summed E-state index contributed by atoms with van der Waals surface area (Å²) >= 11 is 6.04. The molecule has 0 saturated heterocycles. The highest BCUT2D eigenvalue weighted by atomic mass is 35.5. The Hall–Kier alpha value is -1.87. The Morgan fingerprint density at radius 2 is 1.86 bits per heavy atom. The summed E-state index contributed by atoms with van der Waals surface area (Å²) in [6.45, 7) is 3.45. The number of aryl methyl sites for hydroxylation is 1. The van der Waals surface area contributed by atoms with Crippen LogP contribution in [0.1, 0.15) is 28.4 Å². The van der Waals surface area contributed by atoms with E-state index in [1.165, 1.54) is 6.07 Å². The predicted molar refractivity (Wildman–Crippen MR) is 83.1 cm³/mol. The van der Waals surface area contributed by atoms with Crippen molar-refractivity contribution in [1.29, 1.82) is 0 Å². The first-order valence-corrected chi connectivity index (χ1v) is 7.20. The van der Waals surface area contributed by atoms with Crippen LogP contribution in [-0.4, -0.2) is 11.8 Å². The van der Waals surface area contributed by atoms with E-state index in [-0.39, 0.29) is 11.4 Å². The average Bonchev–Trinajstić information content (AvgIpc) is 2.50. The molecule has 0 saturated carbocycles. The molecule has 0 fully saturated rings. The van der Waals surface area contributed by atoms with E-state index in [4.69, 9.17) is 11.6 Å². The highest BCUT2D eigenvalue weighted by Crippen LogP contribution is 2.23. The molecule has 2 aromatic carbocycles. The first-order chi connectivity index (χ1) is 9.98. The summed E-state index contributed by atoms with van der Waals surface area (Å²) in [5, 5.41) is 2.83. The second kappa shape index (κ2) is 6.27. The Bertz CT molecular complexity index is 644. The number of carbonyl (C=O) groups is 1. The summed E-state index contributed by atoms with van der Waals surface area (Å²) in [7, 11) is 0. The van der Waals surface area contributed by atoms with Crippen molar-refractivity contribution >= 4 is 17.5 Å². The van der Waals surface area contributed by atoms with E-state index < -0.39 is 17.3 Å². The third kappa shape index (κ3) is 3.24. The fourth-order valence-corrected chi connectivity index (χ4v) is 2.35. The molecule has 2 aromatic rings. The molecule has 1 unspecified atom stereocenters. The molecule has 110 valence electrons. The Balaban J connectivity index is 2.30. The summed E-state index contributed by atoms with van der Waals surface area (Å²) in [5.41, 5.74) is 0.592. The lowest BCUT2D eigenvalue weighted by Crippen LogP contribution is -2.45. The summed E-state index contributed by atoms with van der Waals surface area (Å²) in [4.78, 5) is 12.4. The van der Waals surface area contributed by atoms with Crippen LogP contribution < -0.4 is 5.32 Å². The van der Waals surface area contributed by atoms with Gasteiger partial charge in [0.2, 0.25) is 0 Å². The molecule has 2 nitrogen and oxygen atoms in total. The molecule has 1 atom stereocenters. The number of carbonyl (C=O) groups excluding carboxylic acids is 1. The van der Waals surface area contributed by atoms with Crippen LogP contribution in [-0.2, 0) is 5.54 Å². The predicted octanol–water partition coefficient (Wildman–Crippen LogP) is 4.02. The lowest BCUT2D eigenvalue weighted by molar-refractivity contribution is 0.0909. The Morgan fingerprint density at radius 3 is 2.48 bits per heavy atom. The molecule has 0 aliphatic heterocycles. The van der Waals surface area contributed by atoms with Gasteiger partial charge in [-0.1, -0.05) is 42.5 Å². The van der Waals surface area contributed by atoms with E-state index >= 15 is 0 Å². The molecule has 0 aromatic heterocycles. The summed E-state index contributed by atoms with van der Waals surface area (Å²) in [5.74, 6) is -0.779. The molecule has 2 rings (SSSR count). The third-order valence-corrected chi connectivity index (χ3v) is 4.04. The van der Waals surface area contributed by atoms with Crippen LogP contribution >= 0.6 is 11.6 Å². The summed E-state index contributed by atoms with van der Waals surface area (Å²) in [6.07, 6.45) is 0. The van der Waals surface area contributed by atoms with Gasteiger partial charge in [0, 0.05) is 5.88 Å². The molecule has 0 aliphatic rings. The minimum absolute atomic E-state index is 0.0299. The van der Waals surface area contributed by atoms with Crippen molar-refractivity contribution < 1.29 is 9.18 Å². The highest BCUT2D eigenvalue weighted by molar-refractivity contribution is 6.19. The Labute approximate surface area is 128 Å². The molecule has 0 heterocycles. The first kappa shape index (κ1) is 15.5. The van der Waals surface area contributed by atoms with Gasteiger partial charge in [-0.3, -0.25) is 4.79 Å². The molecule has 1 N–H and O–H groups in total. The first-order valence-electron chi connectivity index (χ1n) is 6.67. The van der Waals surface area contributed by atoms with E-state index in [1.807, 2.05) is 37.3 Å². The zero-order valence-electron chi connectivity index (χ0n) is 12.0. The van der Waals surface area contributed by atoms with Gasteiger partial charge in [-0.25, -0.2) is 4.39 Å². The average molecular weight is 306 g/mol. The maximum Gasteiger partial charge on any atom is 0.254 e. The molecular weight excluding hydrogens is 289 g/mol. The van der Waals surface area contributed by atoms with Crippen molar-refractivity contribution in [3.63, 3.8) is 0 Å². The number of nitrogens with one attached hydrogen (secondary N) is 1. The number of rotatable bonds is 4. The van der Waals surface area contributed by atoms with Crippen LogP contribution in [0.5, 0.6) is 0 Å². The van der Waals surface area contributed by atoms with Gasteiger partial charge < -0.3 is 5.32 Å². The second-order valence-electron chi connectivity index (χ2n) is 5.22. The van der Waals surface area contributed by atoms with Gasteiger partial charge in [0.15, 0.2) is 0 Å². The smallest absolute Gasteiger partial charge is 0.254 e. The maximum absolute atomic E-state index is 14.0. The maximum atomic E-state index is 14.0. The number of hydrogen-bond donors (Lipinski definition) is 1. The van der Waals surface area contributed by atoms with Crippen molar-refractivity contribution in [2.24, 2.45) is 0 Å². The Morgan fingerprint density at radius 1 is 1.19 bits per heavy atom. The fraction of sp³-hybridized carbons (Fsp3) is 0.235. The molecule has 4 heteroatoms. The lowest BCUT2D eigenvalue weighted by Gasteiger charge is -2.29. The number of amides is 1. The van der Waals surface area contributed by atoms with Crippen molar-refractivity contribution in [3.8, 4) is 0 Å². The molecule has 0 radical (unpaired) electrons. The van der Waals surface area contributed by atoms with E-state index in [2.05, 4.69) is 5.32 Å². The molecule has 0 aliphatic carbocycles. The quantitative estimate of drug-likeness (QED) is 0.849. The van der Waals surface area contributed by atoms with Gasteiger partial charge in [0.05, 0.1) is 11.1 Å². The number of alkyl halides is 1. The van der Waals surface area contributed by atoms with Crippen molar-refractivity contribution in [3.05, 3.63) is 71.0 Å². The Kier molecular flexibility index (Phi) is 4.63. The van der Waals surface area contributed by atoms with Gasteiger partial charge >= 0.3 is 0 Å². The van der Waals surface area contributed by atoms with Crippen LogP contribution in [0.3, 0.4) is 0 Å². The molecule has 0 bridgehead atoms. The number of hydrogen-bond acceptors (Lipinski definition) is 1. The topological polar surface area (TPSA) is 29.1 Å². The van der Waals surface area contributed by atoms with Gasteiger partial charge in [0.25, 0.3) is 5.91 Å². The second-order valence-corrected chi connectivity index (χ2v) is 5.49. The van der Waals surface area contributed by atoms with Gasteiger partial charge in [-0.15, -0.1) is 11.6 Å². The number of benzene rings is 2. The SMILES string of the molecule is Cc1cccc(C(=O)NC(C)(CCl)c2ccccc2)c1F. The molecule has 0 spiro atoms. The summed E-state index contributed by atoms with van der Waals surface area (Å²) < 4.78 is 14.0. The van der Waals surface area contributed by atoms with Gasteiger partial charge in [0.1, 0.15) is 5.82 Å². The van der Waals surface area contributed by atoms with Crippen LogP contribution in [0.25, 0.3) is 0 Å². The largest absolute Gasteiger partial charge is 0.341 e. The normalized spacial score (nSPS) is 13.5. The lowest BCUT2D eigenvalue weighted by atomic mass is 9.93. The zero-order chi connectivity index (χ0) is 15.5. The number of halogens is 2. The van der Waals surface area contributed by atoms with E-state index in [0.717, 1.165) is 5.56 Å². The van der Waals surface area contributed by atoms with Crippen LogP contribution in [0.2, 0.25) is 0 Å². The van der Waals surface area contributed by atoms with Crippen LogP contribution in [0, 0.1) is 12.7 Å². The minimum atomic E-state index is -0.754. The van der Waals surface area contributed by atoms with E-state index in [9.17, 15) is 9.18 Å². The van der Waals surface area contributed by atoms with E-state index in [0.29, 0.717) is 5.56 Å². The van der Waals surface area contributed by atoms with Gasteiger partial charge in [-0.2, -0.15) is 0 Å². The standard InChI is InChI=1S/C17H17ClFNO/c1-12-7-6-10-14(15(12)19)16(21)20-17(2,11-18)13-8-4-3-5-9-13/h3-10H,11H2,1-2H3,(H,20,21). The molecular formula is C17H17ClFNO. The third-order valence-electron chi connectivity index (χ3n) is 3.50. The van der Waals surface area contributed by atoms with Crippen molar-refractivity contribution in [1.82, 2.24) is 5.32 Å². The van der Waals surface area contributed by atoms with E-state index in [1.54, 1.807) is 19.1 Å². The van der Waals surface area contributed by atoms with Crippen LogP contribution in [0.4, 0.5) is 4.39 Å². The van der Waals surface area contributed by atoms with Crippen LogP contribution in [0.15, 0.2) is 48.5 Å². The molecule has 1 amide bonds. The molecule has 21 heavy (non-hydrogen) atoms. The van der Waals surface area contributed by atoms with Crippen molar-refractivity contribution in [2.45, 2.75) is 19.4 Å². The zero-order valence-corrected chi connectivity index (χ0v) is 12.7. The monoisotopic (exact) mass is 305 g/mol. The minimum Gasteiger partial charge on any atom is -0.341 e. The van der Waals surface area contributed by atoms with Gasteiger partial charge in [-0.05, 0) is 31.0 Å². The highest BCUT2D eigenvalue weighted by Gasteiger charge is 2.29. The fourth-order valence-electron chi connectivity index (χ4n) is 2.13. The van der Waals surface area contributed by atoms with Crippen molar-refractivity contribution in [2.75, 3.05) is 5.88 Å². The summed E-state index contributed by atoms with van der Waals surface area (Å²) in [6, 6.07) is 14.2.